The van der Waals surface area contributed by atoms with Gasteiger partial charge in [-0.15, -0.1) is 0 Å². The highest BCUT2D eigenvalue weighted by molar-refractivity contribution is 7.85. The van der Waals surface area contributed by atoms with Gasteiger partial charge in [-0.05, 0) is 149 Å². The van der Waals surface area contributed by atoms with Crippen LogP contribution in [0.4, 0.5) is 39.8 Å². The third-order valence-corrected chi connectivity index (χ3v) is 18.6. The summed E-state index contributed by atoms with van der Waals surface area (Å²) in [6.07, 6.45) is 10.1. The van der Waals surface area contributed by atoms with Gasteiger partial charge in [0.1, 0.15) is 19.0 Å². The van der Waals surface area contributed by atoms with Crippen LogP contribution in [-0.2, 0) is 95.2 Å². The van der Waals surface area contributed by atoms with Gasteiger partial charge in [-0.1, -0.05) is 62.9 Å². The molecular weight excluding hydrogens is 1330 g/mol. The monoisotopic (exact) mass is 1430 g/mol. The first-order valence-corrected chi connectivity index (χ1v) is 35.7. The van der Waals surface area contributed by atoms with Crippen molar-refractivity contribution in [2.45, 2.75) is 124 Å². The SMILES string of the molecule is C.CCc1cc(COS(C)(=O)=O)cc(N(C)CCCC(=O)OC)c1.COC(=O)CCCN(C)c1cc(CO)cc(CO)c1.COC(=O)CCCN(C)c1cc(COc2cc3c(cc2C)C(=O)N2c4ccccc4C[C@H]2C=N3)cc(COc2cc3c(cc2OC)C(=O)N2c4ccccc4C[C@H]2C=N3)c1. The van der Waals surface area contributed by atoms with Crippen molar-refractivity contribution in [3.05, 3.63) is 189 Å². The third kappa shape index (κ3) is 20.6. The van der Waals surface area contributed by atoms with E-state index < -0.39 is 10.1 Å². The molecule has 0 radical (unpaired) electrons. The Hall–Kier alpha value is -10.1. The molecule has 0 aliphatic carbocycles. The summed E-state index contributed by atoms with van der Waals surface area (Å²) in [4.78, 5) is 81.2. The van der Waals surface area contributed by atoms with Gasteiger partial charge in [-0.3, -0.25) is 47.9 Å². The van der Waals surface area contributed by atoms with E-state index in [1.165, 1.54) is 21.3 Å². The Kier molecular flexibility index (Phi) is 28.0. The minimum absolute atomic E-state index is 0. The maximum atomic E-state index is 14.0. The summed E-state index contributed by atoms with van der Waals surface area (Å²) in [5.41, 5.74) is 15.0. The number of anilines is 5. The van der Waals surface area contributed by atoms with Crippen LogP contribution >= 0.6 is 0 Å². The van der Waals surface area contributed by atoms with E-state index in [0.717, 1.165) is 97.6 Å². The normalized spacial score (nSPS) is 14.2. The van der Waals surface area contributed by atoms with Crippen molar-refractivity contribution in [3.63, 3.8) is 0 Å². The number of carbonyl (C=O) groups excluding carboxylic acids is 5. The highest BCUT2D eigenvalue weighted by atomic mass is 32.2. The van der Waals surface area contributed by atoms with Gasteiger partial charge in [0.2, 0.25) is 0 Å². The van der Waals surface area contributed by atoms with Crippen LogP contribution in [-0.4, -0.2) is 148 Å². The Morgan fingerprint density at radius 1 is 0.524 bits per heavy atom. The molecular formula is C79H95N7O16S. The number of methoxy groups -OCH3 is 4. The molecule has 0 bridgehead atoms. The fourth-order valence-electron chi connectivity index (χ4n) is 12.5. The molecule has 0 saturated heterocycles. The van der Waals surface area contributed by atoms with Crippen LogP contribution in [0.25, 0.3) is 0 Å². The van der Waals surface area contributed by atoms with Gasteiger partial charge >= 0.3 is 17.9 Å². The molecule has 11 rings (SSSR count). The molecule has 103 heavy (non-hydrogen) atoms. The second-order valence-electron chi connectivity index (χ2n) is 25.4. The van der Waals surface area contributed by atoms with E-state index in [2.05, 4.69) is 32.6 Å². The molecule has 7 aromatic carbocycles. The molecule has 0 saturated carbocycles. The zero-order chi connectivity index (χ0) is 73.2. The van der Waals surface area contributed by atoms with Gasteiger partial charge in [-0.25, -0.2) is 0 Å². The first kappa shape index (κ1) is 78.6. The van der Waals surface area contributed by atoms with Crippen LogP contribution in [0.3, 0.4) is 0 Å². The number of rotatable bonds is 28. The minimum atomic E-state index is -3.47. The van der Waals surface area contributed by atoms with Crippen LogP contribution < -0.4 is 38.7 Å². The highest BCUT2D eigenvalue weighted by Crippen LogP contribution is 2.43. The Morgan fingerprint density at radius 2 is 0.913 bits per heavy atom. The van der Waals surface area contributed by atoms with E-state index in [1.807, 2.05) is 158 Å². The number of hydrogen-bond donors (Lipinski definition) is 2. The van der Waals surface area contributed by atoms with Crippen LogP contribution in [0.1, 0.15) is 124 Å². The van der Waals surface area contributed by atoms with E-state index in [4.69, 9.17) is 33.1 Å². The summed E-state index contributed by atoms with van der Waals surface area (Å²) in [5, 5.41) is 18.4. The number of aliphatic imine (C=N–C) groups is 2. The number of nitrogens with zero attached hydrogens (tertiary/aromatic N) is 7. The lowest BCUT2D eigenvalue weighted by Crippen LogP contribution is -2.37. The molecule has 548 valence electrons. The summed E-state index contributed by atoms with van der Waals surface area (Å²) in [5.74, 6) is 0.615. The fourth-order valence-corrected chi connectivity index (χ4v) is 12.8. The Labute approximate surface area is 604 Å². The van der Waals surface area contributed by atoms with Crippen molar-refractivity contribution in [1.82, 2.24) is 0 Å². The fraction of sp³-hybridized carbons (Fsp3) is 0.380. The Bertz CT molecular complexity index is 4330. The molecule has 0 unspecified atom stereocenters. The molecule has 2 atom stereocenters. The molecule has 2 N–H and O–H groups in total. The predicted octanol–water partition coefficient (Wildman–Crippen LogP) is 11.9. The number of ether oxygens (including phenoxy) is 6. The summed E-state index contributed by atoms with van der Waals surface area (Å²) < 4.78 is 59.9. The Morgan fingerprint density at radius 3 is 1.34 bits per heavy atom. The van der Waals surface area contributed by atoms with Crippen LogP contribution in [0.5, 0.6) is 17.2 Å². The van der Waals surface area contributed by atoms with E-state index in [-0.39, 0.29) is 82.3 Å². The minimum Gasteiger partial charge on any atom is -0.493 e. The van der Waals surface area contributed by atoms with E-state index in [0.29, 0.717) is 104 Å². The molecule has 0 aromatic heterocycles. The second-order valence-corrected chi connectivity index (χ2v) is 27.0. The number of hydrogen-bond acceptors (Lipinski definition) is 21. The van der Waals surface area contributed by atoms with Gasteiger partial charge in [0.15, 0.2) is 11.5 Å². The Balaban J connectivity index is 0.000000256. The number of aryl methyl sites for hydroxylation is 2. The number of aliphatic hydroxyl groups is 2. The third-order valence-electron chi connectivity index (χ3n) is 18.0. The molecule has 4 heterocycles. The lowest BCUT2D eigenvalue weighted by Gasteiger charge is -2.23. The first-order valence-electron chi connectivity index (χ1n) is 33.9. The highest BCUT2D eigenvalue weighted by Gasteiger charge is 2.38. The molecule has 23 nitrogen and oxygen atoms in total. The summed E-state index contributed by atoms with van der Waals surface area (Å²) in [6.45, 7) is 6.32. The van der Waals surface area contributed by atoms with Gasteiger partial charge in [0.25, 0.3) is 21.9 Å². The zero-order valence-corrected chi connectivity index (χ0v) is 60.4. The topological polar surface area (TPSA) is 265 Å². The number of amides is 2. The number of carbonyl (C=O) groups is 5. The quantitative estimate of drug-likeness (QED) is 0.0262. The van der Waals surface area contributed by atoms with E-state index in [9.17, 15) is 42.6 Å². The lowest BCUT2D eigenvalue weighted by atomic mass is 10.1. The van der Waals surface area contributed by atoms with E-state index >= 15 is 0 Å². The van der Waals surface area contributed by atoms with Gasteiger partial charge in [-0.2, -0.15) is 8.42 Å². The van der Waals surface area contributed by atoms with Crippen molar-refractivity contribution in [2.24, 2.45) is 9.98 Å². The van der Waals surface area contributed by atoms with Crippen LogP contribution in [0.15, 0.2) is 137 Å². The van der Waals surface area contributed by atoms with Crippen molar-refractivity contribution in [2.75, 3.05) is 100.0 Å². The van der Waals surface area contributed by atoms with Crippen molar-refractivity contribution in [3.8, 4) is 17.2 Å². The second kappa shape index (κ2) is 36.6. The van der Waals surface area contributed by atoms with E-state index in [1.54, 1.807) is 25.3 Å². The smallest absolute Gasteiger partial charge is 0.305 e. The molecule has 0 fully saturated rings. The zero-order valence-electron chi connectivity index (χ0n) is 59.6. The first-order chi connectivity index (χ1) is 49.0. The van der Waals surface area contributed by atoms with Crippen LogP contribution in [0.2, 0.25) is 0 Å². The average molecular weight is 1430 g/mol. The van der Waals surface area contributed by atoms with Crippen molar-refractivity contribution >= 4 is 92.1 Å². The average Bonchev–Trinajstić information content (AvgIpc) is 1.63. The van der Waals surface area contributed by atoms with Crippen molar-refractivity contribution in [1.29, 1.82) is 0 Å². The standard InChI is InChI=1S/C48H45N5O7.C16H25NO5S.C14H21NO4.CH4/c1-29-16-37-39(49-25-35-20-32-10-5-7-12-41(32)52(35)47(37)55)23-43(29)59-27-30-17-31(19-34(18-30)51(2)15-9-14-46(54)58-4)28-60-45-24-40-38(22-44(45)57-3)48(56)53-36(26-50-40)21-33-11-6-8-13-42(33)53;1-5-13-9-14(12-22-23(4,19)20)11-15(10-13)17(2)8-6-7-16(18)21-3;1-15(5-3-4-14(18)19-2)13-7-11(9-16)6-12(8-13)10-17;/h5-8,10-13,16-19,22-26,35-36H,9,14-15,20-21,27-28H2,1-4H3;9-11H,5-8,12H2,1-4H3;6-8,16-17H,3-5,9-10H2,1-2H3;1H4/t35-,36-;;;/m0.../s1. The number of fused-ring (bicyclic) bond motifs is 8. The van der Waals surface area contributed by atoms with Gasteiger partial charge < -0.3 is 53.3 Å². The van der Waals surface area contributed by atoms with Gasteiger partial charge in [0.05, 0.1) is 89.1 Å². The maximum absolute atomic E-state index is 14.0. The number of esters is 3. The molecule has 7 aromatic rings. The molecule has 0 spiro atoms. The lowest BCUT2D eigenvalue weighted by molar-refractivity contribution is -0.141. The summed E-state index contributed by atoms with van der Waals surface area (Å²) in [7, 11) is 8.07. The predicted molar refractivity (Wildman–Crippen MR) is 401 cm³/mol. The number of benzene rings is 7. The van der Waals surface area contributed by atoms with Gasteiger partial charge in [0, 0.05) is 126 Å². The summed E-state index contributed by atoms with van der Waals surface area (Å²) >= 11 is 0. The number of aliphatic hydroxyl groups excluding tert-OH is 2. The van der Waals surface area contributed by atoms with Crippen LogP contribution in [0, 0.1) is 6.92 Å². The molecule has 4 aliphatic rings. The molecule has 24 heteroatoms. The largest absolute Gasteiger partial charge is 0.493 e. The molecule has 4 aliphatic heterocycles. The number of para-hydroxylation sites is 2. The molecule has 2 amide bonds. The summed E-state index contributed by atoms with van der Waals surface area (Å²) in [6, 6.07) is 40.4. The van der Waals surface area contributed by atoms with Crippen molar-refractivity contribution < 1.29 is 75.2 Å². The maximum Gasteiger partial charge on any atom is 0.305 e.